The van der Waals surface area contributed by atoms with Crippen molar-refractivity contribution in [3.63, 3.8) is 0 Å². The summed E-state index contributed by atoms with van der Waals surface area (Å²) in [4.78, 5) is 1.16. The second-order valence-electron chi connectivity index (χ2n) is 5.70. The van der Waals surface area contributed by atoms with Crippen molar-refractivity contribution in [3.05, 3.63) is 21.9 Å². The molecule has 3 rings (SSSR count). The van der Waals surface area contributed by atoms with Crippen molar-refractivity contribution in [1.29, 1.82) is 0 Å². The van der Waals surface area contributed by atoms with Crippen molar-refractivity contribution >= 4 is 11.3 Å². The van der Waals surface area contributed by atoms with Gasteiger partial charge in [0.1, 0.15) is 0 Å². The predicted molar refractivity (Wildman–Crippen MR) is 75.5 cm³/mol. The highest BCUT2D eigenvalue weighted by Gasteiger charge is 2.43. The molecular weight excluding hydrogens is 260 g/mol. The van der Waals surface area contributed by atoms with E-state index in [-0.39, 0.29) is 11.7 Å². The fraction of sp³-hybridized carbons (Fsp3) is 0.733. The zero-order chi connectivity index (χ0) is 13.3. The summed E-state index contributed by atoms with van der Waals surface area (Å²) >= 11 is 1.68. The molecule has 2 aliphatic rings. The average Bonchev–Trinajstić information content (AvgIpc) is 3.07. The Labute approximate surface area is 118 Å². The van der Waals surface area contributed by atoms with Crippen molar-refractivity contribution in [3.8, 4) is 0 Å². The molecule has 3 atom stereocenters. The van der Waals surface area contributed by atoms with Gasteiger partial charge in [-0.15, -0.1) is 11.3 Å². The maximum atomic E-state index is 10.7. The lowest BCUT2D eigenvalue weighted by Crippen LogP contribution is -2.41. The molecule has 2 fully saturated rings. The molecule has 2 saturated heterocycles. The first-order valence-corrected chi connectivity index (χ1v) is 8.08. The maximum absolute atomic E-state index is 10.7. The Kier molecular flexibility index (Phi) is 3.94. The maximum Gasteiger partial charge on any atom is 0.0940 e. The zero-order valence-electron chi connectivity index (χ0n) is 11.4. The van der Waals surface area contributed by atoms with Gasteiger partial charge in [0, 0.05) is 24.5 Å². The van der Waals surface area contributed by atoms with Crippen molar-refractivity contribution < 1.29 is 14.6 Å². The summed E-state index contributed by atoms with van der Waals surface area (Å²) in [5.74, 6) is 0.305. The van der Waals surface area contributed by atoms with E-state index >= 15 is 0 Å². The molecule has 3 nitrogen and oxygen atoms in total. The molecule has 19 heavy (non-hydrogen) atoms. The van der Waals surface area contributed by atoms with Crippen LogP contribution in [-0.4, -0.2) is 30.5 Å². The zero-order valence-corrected chi connectivity index (χ0v) is 12.2. The molecule has 2 aliphatic heterocycles. The normalized spacial score (nSPS) is 32.8. The molecule has 0 aromatic carbocycles. The average molecular weight is 282 g/mol. The van der Waals surface area contributed by atoms with Crippen LogP contribution in [0.2, 0.25) is 0 Å². The van der Waals surface area contributed by atoms with Gasteiger partial charge in [-0.1, -0.05) is 6.92 Å². The third-order valence-electron chi connectivity index (χ3n) is 4.47. The molecule has 3 heterocycles. The second kappa shape index (κ2) is 5.52. The minimum absolute atomic E-state index is 0.118. The Balaban J connectivity index is 1.74. The van der Waals surface area contributed by atoms with Crippen LogP contribution in [0.5, 0.6) is 0 Å². The standard InChI is InChI=1S/C15H22O3S/c1-2-11-4-8-19-14(11)13(16)12-3-6-18-15(9-12)5-7-17-10-15/h4,8,12-13,16H,2-3,5-7,9-10H2,1H3. The van der Waals surface area contributed by atoms with E-state index in [0.29, 0.717) is 12.5 Å². The molecule has 1 aromatic rings. The number of thiophene rings is 1. The number of aliphatic hydroxyl groups is 1. The Morgan fingerprint density at radius 1 is 1.53 bits per heavy atom. The Morgan fingerprint density at radius 2 is 2.42 bits per heavy atom. The van der Waals surface area contributed by atoms with Gasteiger partial charge >= 0.3 is 0 Å². The van der Waals surface area contributed by atoms with E-state index in [1.54, 1.807) is 11.3 Å². The van der Waals surface area contributed by atoms with Crippen molar-refractivity contribution in [2.45, 2.75) is 44.3 Å². The first kappa shape index (κ1) is 13.6. The first-order chi connectivity index (χ1) is 9.24. The van der Waals surface area contributed by atoms with Crippen LogP contribution in [-0.2, 0) is 15.9 Å². The van der Waals surface area contributed by atoms with Crippen LogP contribution in [0.3, 0.4) is 0 Å². The van der Waals surface area contributed by atoms with Crippen LogP contribution in [0.4, 0.5) is 0 Å². The van der Waals surface area contributed by atoms with Crippen LogP contribution >= 0.6 is 11.3 Å². The van der Waals surface area contributed by atoms with E-state index < -0.39 is 0 Å². The third-order valence-corrected chi connectivity index (χ3v) is 5.50. The van der Waals surface area contributed by atoms with Gasteiger partial charge in [0.2, 0.25) is 0 Å². The number of rotatable bonds is 3. The highest BCUT2D eigenvalue weighted by atomic mass is 32.1. The van der Waals surface area contributed by atoms with Crippen molar-refractivity contribution in [2.75, 3.05) is 19.8 Å². The predicted octanol–water partition coefficient (Wildman–Crippen LogP) is 2.93. The minimum atomic E-state index is -0.337. The Morgan fingerprint density at radius 3 is 3.16 bits per heavy atom. The topological polar surface area (TPSA) is 38.7 Å². The number of hydrogen-bond donors (Lipinski definition) is 1. The number of aryl methyl sites for hydroxylation is 1. The second-order valence-corrected chi connectivity index (χ2v) is 6.64. The van der Waals surface area contributed by atoms with E-state index in [1.165, 1.54) is 5.56 Å². The highest BCUT2D eigenvalue weighted by Crippen LogP contribution is 2.42. The van der Waals surface area contributed by atoms with Gasteiger partial charge in [0.15, 0.2) is 0 Å². The summed E-state index contributed by atoms with van der Waals surface area (Å²) in [7, 11) is 0. The van der Waals surface area contributed by atoms with Crippen molar-refractivity contribution in [1.82, 2.24) is 0 Å². The summed E-state index contributed by atoms with van der Waals surface area (Å²) in [5, 5.41) is 12.8. The summed E-state index contributed by atoms with van der Waals surface area (Å²) in [5.41, 5.74) is 1.17. The monoisotopic (exact) mass is 282 g/mol. The largest absolute Gasteiger partial charge is 0.387 e. The van der Waals surface area contributed by atoms with Crippen LogP contribution < -0.4 is 0 Å². The van der Waals surface area contributed by atoms with E-state index in [0.717, 1.165) is 43.8 Å². The SMILES string of the molecule is CCc1ccsc1C(O)C1CCOC2(CCOC2)C1. The molecule has 0 radical (unpaired) electrons. The molecule has 1 aromatic heterocycles. The van der Waals surface area contributed by atoms with Gasteiger partial charge in [-0.05, 0) is 42.2 Å². The summed E-state index contributed by atoms with van der Waals surface area (Å²) in [6.45, 7) is 4.38. The molecule has 0 aliphatic carbocycles. The third kappa shape index (κ3) is 2.59. The van der Waals surface area contributed by atoms with Crippen LogP contribution in [0.25, 0.3) is 0 Å². The molecule has 0 saturated carbocycles. The first-order valence-electron chi connectivity index (χ1n) is 7.20. The van der Waals surface area contributed by atoms with Crippen molar-refractivity contribution in [2.24, 2.45) is 5.92 Å². The van der Waals surface area contributed by atoms with Gasteiger partial charge in [0.05, 0.1) is 18.3 Å². The fourth-order valence-corrected chi connectivity index (χ4v) is 4.39. The summed E-state index contributed by atoms with van der Waals surface area (Å²) < 4.78 is 11.4. The Hall–Kier alpha value is -0.420. The highest BCUT2D eigenvalue weighted by molar-refractivity contribution is 7.10. The number of aliphatic hydroxyl groups excluding tert-OH is 1. The molecule has 3 unspecified atom stereocenters. The van der Waals surface area contributed by atoms with Crippen LogP contribution in [0.1, 0.15) is 42.7 Å². The lowest BCUT2D eigenvalue weighted by molar-refractivity contribution is -0.116. The van der Waals surface area contributed by atoms with Crippen LogP contribution in [0, 0.1) is 5.92 Å². The van der Waals surface area contributed by atoms with E-state index in [1.807, 2.05) is 0 Å². The molecule has 0 amide bonds. The molecule has 1 spiro atoms. The lowest BCUT2D eigenvalue weighted by Gasteiger charge is -2.39. The number of hydrogen-bond acceptors (Lipinski definition) is 4. The minimum Gasteiger partial charge on any atom is -0.387 e. The van der Waals surface area contributed by atoms with E-state index in [9.17, 15) is 5.11 Å². The Bertz CT molecular complexity index is 423. The lowest BCUT2D eigenvalue weighted by atomic mass is 9.81. The summed E-state index contributed by atoms with van der Waals surface area (Å²) in [6, 6.07) is 2.14. The van der Waals surface area contributed by atoms with Gasteiger partial charge in [0.25, 0.3) is 0 Å². The molecule has 0 bridgehead atoms. The van der Waals surface area contributed by atoms with E-state index in [4.69, 9.17) is 9.47 Å². The van der Waals surface area contributed by atoms with Gasteiger partial charge in [-0.25, -0.2) is 0 Å². The number of ether oxygens (including phenoxy) is 2. The van der Waals surface area contributed by atoms with Gasteiger partial charge in [-0.3, -0.25) is 0 Å². The quantitative estimate of drug-likeness (QED) is 0.926. The van der Waals surface area contributed by atoms with Gasteiger partial charge < -0.3 is 14.6 Å². The molecule has 1 N–H and O–H groups in total. The smallest absolute Gasteiger partial charge is 0.0940 e. The molecule has 4 heteroatoms. The van der Waals surface area contributed by atoms with Gasteiger partial charge in [-0.2, -0.15) is 0 Å². The van der Waals surface area contributed by atoms with E-state index in [2.05, 4.69) is 18.4 Å². The fourth-order valence-electron chi connectivity index (χ4n) is 3.31. The molecule has 106 valence electrons. The summed E-state index contributed by atoms with van der Waals surface area (Å²) in [6.07, 6.45) is 3.50. The molecular formula is C15H22O3S. The van der Waals surface area contributed by atoms with Crippen LogP contribution in [0.15, 0.2) is 11.4 Å².